The van der Waals surface area contributed by atoms with Gasteiger partial charge in [0.1, 0.15) is 0 Å². The molecule has 0 bridgehead atoms. The Balaban J connectivity index is 1.84. The molecule has 0 aliphatic heterocycles. The lowest BCUT2D eigenvalue weighted by atomic mass is 9.73. The average molecular weight is 209 g/mol. The lowest BCUT2D eigenvalue weighted by Crippen LogP contribution is -2.53. The van der Waals surface area contributed by atoms with E-state index in [9.17, 15) is 4.79 Å². The second-order valence-electron chi connectivity index (χ2n) is 4.06. The van der Waals surface area contributed by atoms with Gasteiger partial charge in [-0.2, -0.15) is 11.3 Å². The molecule has 1 heterocycles. The van der Waals surface area contributed by atoms with E-state index < -0.39 is 5.54 Å². The van der Waals surface area contributed by atoms with Crippen LogP contribution in [0.5, 0.6) is 0 Å². The fourth-order valence-electron chi connectivity index (χ4n) is 1.78. The summed E-state index contributed by atoms with van der Waals surface area (Å²) in [5.41, 5.74) is 6.73. The Bertz CT molecular complexity index is 314. The smallest absolute Gasteiger partial charge is 0.152 e. The highest BCUT2D eigenvalue weighted by atomic mass is 32.1. The van der Waals surface area contributed by atoms with Crippen molar-refractivity contribution in [2.24, 2.45) is 5.73 Å². The van der Waals surface area contributed by atoms with Gasteiger partial charge in [-0.25, -0.2) is 0 Å². The van der Waals surface area contributed by atoms with Crippen LogP contribution in [0.3, 0.4) is 0 Å². The maximum atomic E-state index is 11.7. The van der Waals surface area contributed by atoms with Crippen LogP contribution in [0.4, 0.5) is 0 Å². The Hall–Kier alpha value is -0.670. The Morgan fingerprint density at radius 2 is 2.36 bits per heavy atom. The fourth-order valence-corrected chi connectivity index (χ4v) is 2.48. The summed E-state index contributed by atoms with van der Waals surface area (Å²) in [5.74, 6) is 0.245. The lowest BCUT2D eigenvalue weighted by molar-refractivity contribution is -0.126. The summed E-state index contributed by atoms with van der Waals surface area (Å²) < 4.78 is 0. The van der Waals surface area contributed by atoms with E-state index in [2.05, 4.69) is 11.4 Å². The van der Waals surface area contributed by atoms with E-state index in [1.54, 1.807) is 11.3 Å². The van der Waals surface area contributed by atoms with Gasteiger partial charge in [-0.1, -0.05) is 0 Å². The fraction of sp³-hybridized carbons (Fsp3) is 0.545. The van der Waals surface area contributed by atoms with Crippen LogP contribution in [0.2, 0.25) is 0 Å². The van der Waals surface area contributed by atoms with Crippen molar-refractivity contribution in [1.29, 1.82) is 0 Å². The second-order valence-corrected chi connectivity index (χ2v) is 4.84. The zero-order valence-corrected chi connectivity index (χ0v) is 8.98. The maximum Gasteiger partial charge on any atom is 0.152 e. The molecule has 0 saturated heterocycles. The van der Waals surface area contributed by atoms with Crippen molar-refractivity contribution in [3.63, 3.8) is 0 Å². The van der Waals surface area contributed by atoms with Crippen LogP contribution in [-0.4, -0.2) is 11.3 Å². The van der Waals surface area contributed by atoms with Crippen LogP contribution in [0.15, 0.2) is 16.8 Å². The topological polar surface area (TPSA) is 43.1 Å². The van der Waals surface area contributed by atoms with E-state index in [4.69, 9.17) is 5.73 Å². The third-order valence-corrected chi connectivity index (χ3v) is 3.75. The first-order chi connectivity index (χ1) is 6.71. The third kappa shape index (κ3) is 1.88. The van der Waals surface area contributed by atoms with Crippen molar-refractivity contribution >= 4 is 17.1 Å². The highest BCUT2D eigenvalue weighted by Gasteiger charge is 2.38. The molecule has 2 N–H and O–H groups in total. The zero-order valence-electron chi connectivity index (χ0n) is 8.16. The molecule has 2 nitrogen and oxygen atoms in total. The van der Waals surface area contributed by atoms with Gasteiger partial charge in [-0.15, -0.1) is 0 Å². The van der Waals surface area contributed by atoms with E-state index >= 15 is 0 Å². The number of thiophene rings is 1. The molecule has 1 aliphatic carbocycles. The van der Waals surface area contributed by atoms with Crippen LogP contribution in [0.25, 0.3) is 0 Å². The van der Waals surface area contributed by atoms with E-state index in [1.807, 2.05) is 5.38 Å². The van der Waals surface area contributed by atoms with Crippen molar-refractivity contribution in [2.45, 2.75) is 37.6 Å². The van der Waals surface area contributed by atoms with Gasteiger partial charge in [0.15, 0.2) is 5.78 Å². The van der Waals surface area contributed by atoms with Gasteiger partial charge in [0.05, 0.1) is 5.54 Å². The number of rotatable bonds is 4. The summed E-state index contributed by atoms with van der Waals surface area (Å²) in [7, 11) is 0. The minimum atomic E-state index is -0.462. The summed E-state index contributed by atoms with van der Waals surface area (Å²) in [5, 5.41) is 4.14. The first kappa shape index (κ1) is 9.87. The van der Waals surface area contributed by atoms with Gasteiger partial charge in [0.2, 0.25) is 0 Å². The Kier molecular flexibility index (Phi) is 2.70. The van der Waals surface area contributed by atoms with Crippen LogP contribution >= 0.6 is 11.3 Å². The summed E-state index contributed by atoms with van der Waals surface area (Å²) in [6.07, 6.45) is 4.33. The molecule has 3 heteroatoms. The normalized spacial score (nSPS) is 18.9. The average Bonchev–Trinajstić information content (AvgIpc) is 2.62. The van der Waals surface area contributed by atoms with E-state index in [-0.39, 0.29) is 5.78 Å². The van der Waals surface area contributed by atoms with Gasteiger partial charge in [0, 0.05) is 6.42 Å². The van der Waals surface area contributed by atoms with Crippen molar-refractivity contribution in [3.05, 3.63) is 22.4 Å². The summed E-state index contributed by atoms with van der Waals surface area (Å²) in [4.78, 5) is 11.7. The number of ketones is 1. The molecular formula is C11H15NOS. The van der Waals surface area contributed by atoms with Crippen LogP contribution in [0, 0.1) is 0 Å². The molecule has 1 aromatic heterocycles. The molecule has 0 unspecified atom stereocenters. The highest BCUT2D eigenvalue weighted by molar-refractivity contribution is 7.07. The second kappa shape index (κ2) is 3.83. The van der Waals surface area contributed by atoms with E-state index in [0.29, 0.717) is 6.42 Å². The highest BCUT2D eigenvalue weighted by Crippen LogP contribution is 2.31. The number of carbonyl (C=O) groups excluding carboxylic acids is 1. The minimum absolute atomic E-state index is 0.245. The first-order valence-electron chi connectivity index (χ1n) is 5.04. The molecule has 1 saturated carbocycles. The van der Waals surface area contributed by atoms with E-state index in [1.165, 1.54) is 5.56 Å². The number of Topliss-reactive ketones (excluding diaryl/α,β-unsaturated/α-hetero) is 1. The van der Waals surface area contributed by atoms with Crippen molar-refractivity contribution in [3.8, 4) is 0 Å². The molecule has 1 aromatic rings. The first-order valence-corrected chi connectivity index (χ1v) is 5.98. The predicted molar refractivity (Wildman–Crippen MR) is 58.4 cm³/mol. The number of aryl methyl sites for hydroxylation is 1. The standard InChI is InChI=1S/C11H15NOS/c12-11(5-1-6-11)10(13)3-2-9-4-7-14-8-9/h4,7-8H,1-3,5-6,12H2. The number of hydrogen-bond donors (Lipinski definition) is 1. The van der Waals surface area contributed by atoms with Gasteiger partial charge < -0.3 is 5.73 Å². The molecule has 0 radical (unpaired) electrons. The number of nitrogens with two attached hydrogens (primary N) is 1. The van der Waals surface area contributed by atoms with Crippen molar-refractivity contribution < 1.29 is 4.79 Å². The predicted octanol–water partition coefficient (Wildman–Crippen LogP) is 2.13. The SMILES string of the molecule is NC1(C(=O)CCc2ccsc2)CCC1. The molecule has 0 aromatic carbocycles. The molecule has 76 valence electrons. The van der Waals surface area contributed by atoms with Crippen molar-refractivity contribution in [2.75, 3.05) is 0 Å². The lowest BCUT2D eigenvalue weighted by Gasteiger charge is -2.36. The third-order valence-electron chi connectivity index (χ3n) is 3.02. The quantitative estimate of drug-likeness (QED) is 0.825. The van der Waals surface area contributed by atoms with Gasteiger partial charge >= 0.3 is 0 Å². The molecular weight excluding hydrogens is 194 g/mol. The zero-order chi connectivity index (χ0) is 10.0. The van der Waals surface area contributed by atoms with Gasteiger partial charge in [-0.05, 0) is 48.1 Å². The summed E-state index contributed by atoms with van der Waals surface area (Å²) in [6.45, 7) is 0. The van der Waals surface area contributed by atoms with Crippen molar-refractivity contribution in [1.82, 2.24) is 0 Å². The largest absolute Gasteiger partial charge is 0.319 e. The molecule has 1 aliphatic rings. The van der Waals surface area contributed by atoms with Crippen LogP contribution < -0.4 is 5.73 Å². The maximum absolute atomic E-state index is 11.7. The van der Waals surface area contributed by atoms with Gasteiger partial charge in [-0.3, -0.25) is 4.79 Å². The summed E-state index contributed by atoms with van der Waals surface area (Å²) >= 11 is 1.68. The molecule has 2 rings (SSSR count). The minimum Gasteiger partial charge on any atom is -0.319 e. The van der Waals surface area contributed by atoms with E-state index in [0.717, 1.165) is 25.7 Å². The van der Waals surface area contributed by atoms with Gasteiger partial charge in [0.25, 0.3) is 0 Å². The molecule has 0 amide bonds. The molecule has 1 fully saturated rings. The molecule has 0 spiro atoms. The molecule has 0 atom stereocenters. The van der Waals surface area contributed by atoms with Crippen LogP contribution in [-0.2, 0) is 11.2 Å². The number of hydrogen-bond acceptors (Lipinski definition) is 3. The summed E-state index contributed by atoms with van der Waals surface area (Å²) in [6, 6.07) is 2.07. The van der Waals surface area contributed by atoms with Crippen LogP contribution in [0.1, 0.15) is 31.2 Å². The Morgan fingerprint density at radius 3 is 2.86 bits per heavy atom. The Labute approximate surface area is 88.1 Å². The number of carbonyl (C=O) groups is 1. The Morgan fingerprint density at radius 1 is 1.57 bits per heavy atom. The monoisotopic (exact) mass is 209 g/mol. The molecule has 14 heavy (non-hydrogen) atoms.